The van der Waals surface area contributed by atoms with E-state index < -0.39 is 0 Å². The number of para-hydroxylation sites is 2. The minimum Gasteiger partial charge on any atom is -0.352 e. The topological polar surface area (TPSA) is 66.7 Å². The second-order valence-corrected chi connectivity index (χ2v) is 4.43. The minimum absolute atomic E-state index is 0.362. The van der Waals surface area contributed by atoms with E-state index in [-0.39, 0.29) is 0 Å². The van der Waals surface area contributed by atoms with E-state index in [9.17, 15) is 0 Å². The molecule has 1 aromatic carbocycles. The maximum Gasteiger partial charge on any atom is 0.201 e. The fourth-order valence-electron chi connectivity index (χ4n) is 2.06. The molecule has 4 heteroatoms. The number of nitrogens with one attached hydrogen (secondary N) is 2. The van der Waals surface area contributed by atoms with Crippen LogP contribution in [0, 0.1) is 5.92 Å². The van der Waals surface area contributed by atoms with Crippen molar-refractivity contribution in [2.45, 2.75) is 18.9 Å². The quantitative estimate of drug-likeness (QED) is 0.729. The van der Waals surface area contributed by atoms with E-state index in [1.807, 2.05) is 24.3 Å². The molecule has 1 aliphatic rings. The SMILES string of the molecule is NCC(Nc1nc2ccccc2[nH]1)C1CC1. The van der Waals surface area contributed by atoms with Gasteiger partial charge in [0.05, 0.1) is 11.0 Å². The third-order valence-electron chi connectivity index (χ3n) is 3.16. The van der Waals surface area contributed by atoms with Gasteiger partial charge in [0.2, 0.25) is 5.95 Å². The van der Waals surface area contributed by atoms with Crippen LogP contribution in [0.1, 0.15) is 12.8 Å². The highest BCUT2D eigenvalue weighted by Crippen LogP contribution is 2.33. The Labute approximate surface area is 94.3 Å². The van der Waals surface area contributed by atoms with Crippen molar-refractivity contribution in [3.8, 4) is 0 Å². The molecule has 2 aromatic rings. The lowest BCUT2D eigenvalue weighted by molar-refractivity contribution is 0.640. The predicted molar refractivity (Wildman–Crippen MR) is 65.3 cm³/mol. The molecule has 1 heterocycles. The van der Waals surface area contributed by atoms with Crippen molar-refractivity contribution in [1.82, 2.24) is 9.97 Å². The van der Waals surface area contributed by atoms with Gasteiger partial charge in [-0.15, -0.1) is 0 Å². The predicted octanol–water partition coefficient (Wildman–Crippen LogP) is 1.71. The normalized spacial score (nSPS) is 17.6. The van der Waals surface area contributed by atoms with Crippen LogP contribution in [0.5, 0.6) is 0 Å². The first-order valence-electron chi connectivity index (χ1n) is 5.78. The Morgan fingerprint density at radius 1 is 1.44 bits per heavy atom. The van der Waals surface area contributed by atoms with Crippen molar-refractivity contribution in [3.05, 3.63) is 24.3 Å². The summed E-state index contributed by atoms with van der Waals surface area (Å²) in [5, 5.41) is 3.39. The van der Waals surface area contributed by atoms with Crippen LogP contribution in [0.15, 0.2) is 24.3 Å². The maximum atomic E-state index is 5.75. The first-order valence-corrected chi connectivity index (χ1v) is 5.78. The third-order valence-corrected chi connectivity index (χ3v) is 3.16. The summed E-state index contributed by atoms with van der Waals surface area (Å²) >= 11 is 0. The third kappa shape index (κ3) is 1.76. The van der Waals surface area contributed by atoms with Gasteiger partial charge in [0.25, 0.3) is 0 Å². The molecule has 0 radical (unpaired) electrons. The summed E-state index contributed by atoms with van der Waals surface area (Å²) < 4.78 is 0. The highest BCUT2D eigenvalue weighted by Gasteiger charge is 2.30. The van der Waals surface area contributed by atoms with E-state index in [1.54, 1.807) is 0 Å². The summed E-state index contributed by atoms with van der Waals surface area (Å²) in [6, 6.07) is 8.40. The molecule has 0 amide bonds. The molecule has 0 saturated heterocycles. The smallest absolute Gasteiger partial charge is 0.201 e. The summed E-state index contributed by atoms with van der Waals surface area (Å²) in [6.07, 6.45) is 2.57. The highest BCUT2D eigenvalue weighted by molar-refractivity contribution is 5.77. The number of rotatable bonds is 4. The molecular weight excluding hydrogens is 200 g/mol. The Balaban J connectivity index is 1.82. The largest absolute Gasteiger partial charge is 0.352 e. The van der Waals surface area contributed by atoms with E-state index in [1.165, 1.54) is 12.8 Å². The van der Waals surface area contributed by atoms with Gasteiger partial charge in [-0.2, -0.15) is 0 Å². The zero-order valence-corrected chi connectivity index (χ0v) is 9.11. The van der Waals surface area contributed by atoms with Crippen LogP contribution in [0.4, 0.5) is 5.95 Å². The van der Waals surface area contributed by atoms with E-state index in [4.69, 9.17) is 5.73 Å². The molecule has 4 N–H and O–H groups in total. The number of anilines is 1. The van der Waals surface area contributed by atoms with Crippen molar-refractivity contribution in [1.29, 1.82) is 0 Å². The number of hydrogen-bond acceptors (Lipinski definition) is 3. The molecule has 16 heavy (non-hydrogen) atoms. The molecule has 1 fully saturated rings. The van der Waals surface area contributed by atoms with Crippen LogP contribution in [0.3, 0.4) is 0 Å². The molecule has 1 aromatic heterocycles. The van der Waals surface area contributed by atoms with Gasteiger partial charge in [-0.25, -0.2) is 4.98 Å². The Hall–Kier alpha value is -1.55. The molecule has 0 aliphatic heterocycles. The Bertz CT molecular complexity index is 453. The lowest BCUT2D eigenvalue weighted by Gasteiger charge is -2.14. The molecular formula is C12H16N4. The Morgan fingerprint density at radius 3 is 2.94 bits per heavy atom. The summed E-state index contributed by atoms with van der Waals surface area (Å²) in [5.41, 5.74) is 7.81. The van der Waals surface area contributed by atoms with Crippen LogP contribution in [0.25, 0.3) is 11.0 Å². The molecule has 0 bridgehead atoms. The van der Waals surface area contributed by atoms with Gasteiger partial charge in [-0.05, 0) is 30.9 Å². The molecule has 1 saturated carbocycles. The number of H-pyrrole nitrogens is 1. The van der Waals surface area contributed by atoms with Gasteiger partial charge in [0.1, 0.15) is 0 Å². The van der Waals surface area contributed by atoms with Crippen molar-refractivity contribution in [2.24, 2.45) is 11.7 Å². The maximum absolute atomic E-state index is 5.75. The van der Waals surface area contributed by atoms with Crippen LogP contribution < -0.4 is 11.1 Å². The molecule has 1 unspecified atom stereocenters. The number of imidazole rings is 1. The zero-order chi connectivity index (χ0) is 11.0. The molecule has 0 spiro atoms. The molecule has 3 rings (SSSR count). The van der Waals surface area contributed by atoms with Crippen molar-refractivity contribution in [2.75, 3.05) is 11.9 Å². The van der Waals surface area contributed by atoms with Gasteiger partial charge < -0.3 is 16.0 Å². The van der Waals surface area contributed by atoms with Crippen LogP contribution >= 0.6 is 0 Å². The summed E-state index contributed by atoms with van der Waals surface area (Å²) in [5.74, 6) is 1.57. The van der Waals surface area contributed by atoms with E-state index in [0.717, 1.165) is 22.9 Å². The van der Waals surface area contributed by atoms with E-state index in [2.05, 4.69) is 15.3 Å². The average Bonchev–Trinajstić information content (AvgIpc) is 3.06. The Morgan fingerprint density at radius 2 is 2.25 bits per heavy atom. The first kappa shape index (κ1) is 9.66. The second-order valence-electron chi connectivity index (χ2n) is 4.43. The zero-order valence-electron chi connectivity index (χ0n) is 9.11. The summed E-state index contributed by atoms with van der Waals surface area (Å²) in [7, 11) is 0. The van der Waals surface area contributed by atoms with E-state index in [0.29, 0.717) is 12.6 Å². The highest BCUT2D eigenvalue weighted by atomic mass is 15.1. The molecule has 84 valence electrons. The summed E-state index contributed by atoms with van der Waals surface area (Å²) in [4.78, 5) is 7.75. The lowest BCUT2D eigenvalue weighted by atomic mass is 10.2. The van der Waals surface area contributed by atoms with Crippen molar-refractivity contribution in [3.63, 3.8) is 0 Å². The second kappa shape index (κ2) is 3.79. The standard InChI is InChI=1S/C12H16N4/c13-7-11(8-5-6-8)16-12-14-9-3-1-2-4-10(9)15-12/h1-4,8,11H,5-7,13H2,(H2,14,15,16). The number of aromatic amines is 1. The van der Waals surface area contributed by atoms with Gasteiger partial charge in [0.15, 0.2) is 0 Å². The molecule has 4 nitrogen and oxygen atoms in total. The van der Waals surface area contributed by atoms with E-state index >= 15 is 0 Å². The lowest BCUT2D eigenvalue weighted by Crippen LogP contribution is -2.31. The fraction of sp³-hybridized carbons (Fsp3) is 0.417. The monoisotopic (exact) mass is 216 g/mol. The van der Waals surface area contributed by atoms with Gasteiger partial charge in [-0.1, -0.05) is 12.1 Å². The average molecular weight is 216 g/mol. The van der Waals surface area contributed by atoms with Crippen LogP contribution in [0.2, 0.25) is 0 Å². The number of aromatic nitrogens is 2. The van der Waals surface area contributed by atoms with Crippen LogP contribution in [-0.4, -0.2) is 22.6 Å². The van der Waals surface area contributed by atoms with Crippen molar-refractivity contribution >= 4 is 17.0 Å². The van der Waals surface area contributed by atoms with Crippen LogP contribution in [-0.2, 0) is 0 Å². The van der Waals surface area contributed by atoms with Crippen molar-refractivity contribution < 1.29 is 0 Å². The fourth-order valence-corrected chi connectivity index (χ4v) is 2.06. The molecule has 1 aliphatic carbocycles. The van der Waals surface area contributed by atoms with Gasteiger partial charge >= 0.3 is 0 Å². The number of benzene rings is 1. The number of fused-ring (bicyclic) bond motifs is 1. The first-order chi connectivity index (χ1) is 7.86. The molecule has 1 atom stereocenters. The Kier molecular flexibility index (Phi) is 2.29. The summed E-state index contributed by atoms with van der Waals surface area (Å²) in [6.45, 7) is 0.668. The number of nitrogens with two attached hydrogens (primary N) is 1. The van der Waals surface area contributed by atoms with Gasteiger partial charge in [0, 0.05) is 12.6 Å². The van der Waals surface area contributed by atoms with Gasteiger partial charge in [-0.3, -0.25) is 0 Å². The minimum atomic E-state index is 0.362. The number of nitrogens with zero attached hydrogens (tertiary/aromatic N) is 1. The number of hydrogen-bond donors (Lipinski definition) is 3.